The number of hydrogen-bond donors (Lipinski definition) is 0. The lowest BCUT2D eigenvalue weighted by atomic mass is 10.0. The van der Waals surface area contributed by atoms with E-state index in [-0.39, 0.29) is 27.7 Å². The van der Waals surface area contributed by atoms with Crippen molar-refractivity contribution in [1.82, 2.24) is 10.2 Å². The molecule has 0 amide bonds. The van der Waals surface area contributed by atoms with Gasteiger partial charge in [-0.05, 0) is 55.5 Å². The van der Waals surface area contributed by atoms with Crippen molar-refractivity contribution in [3.63, 3.8) is 0 Å². The molecule has 1 atom stereocenters. The van der Waals surface area contributed by atoms with Gasteiger partial charge in [0.15, 0.2) is 5.78 Å². The Morgan fingerprint density at radius 2 is 1.96 bits per heavy atom. The predicted molar refractivity (Wildman–Crippen MR) is 97.8 cm³/mol. The molecule has 0 saturated carbocycles. The minimum Gasteiger partial charge on any atom is -0.411 e. The van der Waals surface area contributed by atoms with Crippen molar-refractivity contribution in [2.75, 3.05) is 0 Å². The Hall–Kier alpha value is -2.47. The SMILES string of the molecule is C[C@H](Sc1nnc(-c2ccccc2F)o1)C(=O)c1ccc2c(c1)CCC2. The normalized spacial score (nSPS) is 14.2. The van der Waals surface area contributed by atoms with Crippen molar-refractivity contribution in [1.29, 1.82) is 0 Å². The van der Waals surface area contributed by atoms with Crippen molar-refractivity contribution < 1.29 is 13.6 Å². The largest absolute Gasteiger partial charge is 0.411 e. The van der Waals surface area contributed by atoms with Gasteiger partial charge in [0.25, 0.3) is 11.1 Å². The molecule has 0 unspecified atom stereocenters. The highest BCUT2D eigenvalue weighted by molar-refractivity contribution is 8.00. The third-order valence-electron chi connectivity index (χ3n) is 4.54. The molecule has 26 heavy (non-hydrogen) atoms. The summed E-state index contributed by atoms with van der Waals surface area (Å²) in [6, 6.07) is 12.2. The van der Waals surface area contributed by atoms with E-state index in [0.717, 1.165) is 19.3 Å². The molecule has 1 aliphatic rings. The minimum absolute atomic E-state index is 0.0235. The van der Waals surface area contributed by atoms with Crippen LogP contribution in [0.5, 0.6) is 0 Å². The molecule has 0 aliphatic heterocycles. The molecule has 0 N–H and O–H groups in total. The average molecular weight is 368 g/mol. The number of aromatic nitrogens is 2. The molecule has 2 aromatic carbocycles. The third-order valence-corrected chi connectivity index (χ3v) is 5.47. The molecule has 0 saturated heterocycles. The van der Waals surface area contributed by atoms with Crippen LogP contribution < -0.4 is 0 Å². The number of aryl methyl sites for hydroxylation is 2. The molecular formula is C20H17FN2O2S. The first-order chi connectivity index (χ1) is 12.6. The number of carbonyl (C=O) groups excluding carboxylic acids is 1. The highest BCUT2D eigenvalue weighted by atomic mass is 32.2. The van der Waals surface area contributed by atoms with Gasteiger partial charge in [0.2, 0.25) is 0 Å². The molecular weight excluding hydrogens is 351 g/mol. The smallest absolute Gasteiger partial charge is 0.277 e. The number of ketones is 1. The third kappa shape index (κ3) is 3.29. The molecule has 0 radical (unpaired) electrons. The Balaban J connectivity index is 1.49. The zero-order valence-electron chi connectivity index (χ0n) is 14.2. The van der Waals surface area contributed by atoms with E-state index in [1.54, 1.807) is 18.2 Å². The van der Waals surface area contributed by atoms with Gasteiger partial charge >= 0.3 is 0 Å². The quantitative estimate of drug-likeness (QED) is 0.481. The van der Waals surface area contributed by atoms with Gasteiger partial charge in [0.05, 0.1) is 10.8 Å². The Morgan fingerprint density at radius 3 is 2.81 bits per heavy atom. The molecule has 0 spiro atoms. The summed E-state index contributed by atoms with van der Waals surface area (Å²) in [5.41, 5.74) is 3.57. The van der Waals surface area contributed by atoms with Gasteiger partial charge in [-0.25, -0.2) is 4.39 Å². The fourth-order valence-electron chi connectivity index (χ4n) is 3.17. The topological polar surface area (TPSA) is 56.0 Å². The molecule has 6 heteroatoms. The van der Waals surface area contributed by atoms with Crippen LogP contribution >= 0.6 is 11.8 Å². The van der Waals surface area contributed by atoms with E-state index in [1.165, 1.54) is 29.0 Å². The lowest BCUT2D eigenvalue weighted by molar-refractivity contribution is 0.0993. The second-order valence-electron chi connectivity index (χ2n) is 6.31. The summed E-state index contributed by atoms with van der Waals surface area (Å²) in [6.45, 7) is 1.81. The van der Waals surface area contributed by atoms with Crippen molar-refractivity contribution in [2.24, 2.45) is 0 Å². The van der Waals surface area contributed by atoms with Gasteiger partial charge in [-0.1, -0.05) is 36.0 Å². The maximum Gasteiger partial charge on any atom is 0.277 e. The lowest BCUT2D eigenvalue weighted by Crippen LogP contribution is -2.13. The van der Waals surface area contributed by atoms with Gasteiger partial charge < -0.3 is 4.42 Å². The van der Waals surface area contributed by atoms with Crippen LogP contribution in [0.25, 0.3) is 11.5 Å². The molecule has 0 bridgehead atoms. The molecule has 0 fully saturated rings. The van der Waals surface area contributed by atoms with Crippen molar-refractivity contribution in [3.05, 3.63) is 65.0 Å². The molecule has 4 nitrogen and oxygen atoms in total. The van der Waals surface area contributed by atoms with Crippen molar-refractivity contribution >= 4 is 17.5 Å². The summed E-state index contributed by atoms with van der Waals surface area (Å²) in [7, 11) is 0. The fraction of sp³-hybridized carbons (Fsp3) is 0.250. The number of fused-ring (bicyclic) bond motifs is 1. The van der Waals surface area contributed by atoms with E-state index in [9.17, 15) is 9.18 Å². The first-order valence-corrected chi connectivity index (χ1v) is 9.41. The van der Waals surface area contributed by atoms with E-state index in [2.05, 4.69) is 16.3 Å². The zero-order chi connectivity index (χ0) is 18.1. The molecule has 3 aromatic rings. The Kier molecular flexibility index (Phi) is 4.59. The summed E-state index contributed by atoms with van der Waals surface area (Å²) < 4.78 is 19.3. The number of carbonyl (C=O) groups is 1. The number of nitrogens with zero attached hydrogens (tertiary/aromatic N) is 2. The van der Waals surface area contributed by atoms with Gasteiger partial charge in [-0.3, -0.25) is 4.79 Å². The van der Waals surface area contributed by atoms with Crippen LogP contribution in [0.1, 0.15) is 34.8 Å². The number of rotatable bonds is 5. The first-order valence-electron chi connectivity index (χ1n) is 8.53. The monoisotopic (exact) mass is 368 g/mol. The highest BCUT2D eigenvalue weighted by Gasteiger charge is 2.22. The maximum atomic E-state index is 13.8. The van der Waals surface area contributed by atoms with Gasteiger partial charge in [0, 0.05) is 5.56 Å². The second kappa shape index (κ2) is 7.03. The van der Waals surface area contributed by atoms with Gasteiger partial charge in [0.1, 0.15) is 5.82 Å². The number of hydrogen-bond acceptors (Lipinski definition) is 5. The standard InChI is InChI=1S/C20H17FN2O2S/c1-12(18(24)15-10-9-13-5-4-6-14(13)11-15)26-20-23-22-19(25-20)16-7-2-3-8-17(16)21/h2-3,7-12H,4-6H2,1H3/t12-/m0/s1. The van der Waals surface area contributed by atoms with E-state index in [1.807, 2.05) is 19.1 Å². The number of benzene rings is 2. The number of Topliss-reactive ketones (excluding diaryl/α,β-unsaturated/α-hetero) is 1. The fourth-order valence-corrected chi connectivity index (χ4v) is 3.93. The Morgan fingerprint density at radius 1 is 1.15 bits per heavy atom. The minimum atomic E-state index is -0.421. The van der Waals surface area contributed by atoms with Gasteiger partial charge in [-0.2, -0.15) is 0 Å². The zero-order valence-corrected chi connectivity index (χ0v) is 15.1. The summed E-state index contributed by atoms with van der Waals surface area (Å²) in [5, 5.41) is 7.71. The lowest BCUT2D eigenvalue weighted by Gasteiger charge is -2.09. The number of thioether (sulfide) groups is 1. The summed E-state index contributed by atoms with van der Waals surface area (Å²) in [6.07, 6.45) is 3.28. The van der Waals surface area contributed by atoms with Crippen LogP contribution in [0.3, 0.4) is 0 Å². The van der Waals surface area contributed by atoms with E-state index < -0.39 is 5.82 Å². The van der Waals surface area contributed by atoms with Crippen LogP contribution in [0.2, 0.25) is 0 Å². The van der Waals surface area contributed by atoms with Crippen LogP contribution in [0.4, 0.5) is 4.39 Å². The Labute approximate surface area is 154 Å². The Bertz CT molecular complexity index is 970. The first kappa shape index (κ1) is 17.0. The predicted octanol–water partition coefficient (Wildman–Crippen LogP) is 4.73. The second-order valence-corrected chi connectivity index (χ2v) is 7.61. The van der Waals surface area contributed by atoms with E-state index in [4.69, 9.17) is 4.42 Å². The molecule has 4 rings (SSSR count). The van der Waals surface area contributed by atoms with E-state index >= 15 is 0 Å². The maximum absolute atomic E-state index is 13.8. The van der Waals surface area contributed by atoms with Crippen molar-refractivity contribution in [3.8, 4) is 11.5 Å². The van der Waals surface area contributed by atoms with Crippen LogP contribution in [0.15, 0.2) is 52.1 Å². The van der Waals surface area contributed by atoms with Gasteiger partial charge in [-0.15, -0.1) is 10.2 Å². The van der Waals surface area contributed by atoms with Crippen LogP contribution in [-0.2, 0) is 12.8 Å². The summed E-state index contributed by atoms with van der Waals surface area (Å²) in [4.78, 5) is 12.7. The number of halogens is 1. The molecule has 1 aromatic heterocycles. The molecule has 1 aliphatic carbocycles. The summed E-state index contributed by atoms with van der Waals surface area (Å²) in [5.74, 6) is -0.284. The highest BCUT2D eigenvalue weighted by Crippen LogP contribution is 2.30. The molecule has 132 valence electrons. The average Bonchev–Trinajstić information content (AvgIpc) is 3.30. The van der Waals surface area contributed by atoms with Crippen LogP contribution in [0, 0.1) is 5.82 Å². The van der Waals surface area contributed by atoms with E-state index in [0.29, 0.717) is 5.56 Å². The van der Waals surface area contributed by atoms with Crippen LogP contribution in [-0.4, -0.2) is 21.2 Å². The molecule has 1 heterocycles. The van der Waals surface area contributed by atoms with Crippen molar-refractivity contribution in [2.45, 2.75) is 36.7 Å². The summed E-state index contributed by atoms with van der Waals surface area (Å²) >= 11 is 1.19.